The Hall–Kier alpha value is -1.38. The second-order valence-electron chi connectivity index (χ2n) is 4.56. The van der Waals surface area contributed by atoms with Gasteiger partial charge in [0.25, 0.3) is 9.76 Å². The highest BCUT2D eigenvalue weighted by Crippen LogP contribution is 2.01. The highest BCUT2D eigenvalue weighted by atomic mass is 28.2. The Balaban J connectivity index is 1.78. The van der Waals surface area contributed by atoms with Crippen LogP contribution in [0.2, 0.25) is 0 Å². The quantitative estimate of drug-likeness (QED) is 0.589. The minimum absolute atomic E-state index is 0.449. The van der Waals surface area contributed by atoms with Crippen molar-refractivity contribution in [2.75, 3.05) is 6.61 Å². The second kappa shape index (κ2) is 6.52. The summed E-state index contributed by atoms with van der Waals surface area (Å²) in [6.07, 6.45) is 0.985. The Bertz CT molecular complexity index is 473. The molecule has 0 aliphatic heterocycles. The molecule has 0 aromatic heterocycles. The maximum Gasteiger partial charge on any atom is 0.268 e. The van der Waals surface area contributed by atoms with Gasteiger partial charge in [-0.25, -0.2) is 0 Å². The molecule has 0 heterocycles. The lowest BCUT2D eigenvalue weighted by atomic mass is 10.2. The van der Waals surface area contributed by atoms with Gasteiger partial charge in [0.1, 0.15) is 0 Å². The van der Waals surface area contributed by atoms with Crippen LogP contribution < -0.4 is 5.19 Å². The predicted octanol–water partition coefficient (Wildman–Crippen LogP) is 2.81. The summed E-state index contributed by atoms with van der Waals surface area (Å²) in [6, 6.07) is 17.1. The molecule has 0 saturated heterocycles. The molecule has 2 aromatic rings. The van der Waals surface area contributed by atoms with Gasteiger partial charge in [-0.3, -0.25) is 0 Å². The molecule has 0 N–H and O–H groups in total. The molecule has 2 heteroatoms. The third-order valence-corrected chi connectivity index (χ3v) is 3.62. The van der Waals surface area contributed by atoms with Crippen molar-refractivity contribution in [2.45, 2.75) is 20.3 Å². The molecule has 0 spiro atoms. The molecule has 0 unspecified atom stereocenters. The summed E-state index contributed by atoms with van der Waals surface area (Å²) in [5.74, 6) is 0. The summed E-state index contributed by atoms with van der Waals surface area (Å²) in [5.41, 5.74) is 3.95. The summed E-state index contributed by atoms with van der Waals surface area (Å²) in [5, 5.41) is 1.29. The monoisotopic (exact) mass is 254 g/mol. The van der Waals surface area contributed by atoms with Gasteiger partial charge in [-0.05, 0) is 31.0 Å². The molecule has 0 atom stereocenters. The largest absolute Gasteiger partial charge is 0.411 e. The van der Waals surface area contributed by atoms with E-state index < -0.39 is 0 Å². The molecule has 1 nitrogen and oxygen atoms in total. The Kier molecular flexibility index (Phi) is 4.73. The van der Waals surface area contributed by atoms with E-state index >= 15 is 0 Å². The van der Waals surface area contributed by atoms with Crippen LogP contribution in [-0.2, 0) is 10.8 Å². The molecular formula is C16H18OSi. The molecule has 0 fully saturated rings. The van der Waals surface area contributed by atoms with Crippen molar-refractivity contribution in [2.24, 2.45) is 0 Å². The Morgan fingerprint density at radius 1 is 0.944 bits per heavy atom. The van der Waals surface area contributed by atoms with Gasteiger partial charge in [0.05, 0.1) is 0 Å². The average molecular weight is 254 g/mol. The van der Waals surface area contributed by atoms with E-state index in [0.29, 0.717) is 9.76 Å². The lowest BCUT2D eigenvalue weighted by molar-refractivity contribution is 0.346. The van der Waals surface area contributed by atoms with E-state index in [1.165, 1.54) is 21.9 Å². The summed E-state index contributed by atoms with van der Waals surface area (Å²) >= 11 is 0. The fourth-order valence-electron chi connectivity index (χ4n) is 1.98. The van der Waals surface area contributed by atoms with Crippen molar-refractivity contribution in [3.8, 4) is 0 Å². The van der Waals surface area contributed by atoms with Gasteiger partial charge >= 0.3 is 0 Å². The topological polar surface area (TPSA) is 9.23 Å². The molecule has 2 rings (SSSR count). The SMILES string of the molecule is Cc1cc(C)cc([Si]OCCc2ccccc2)c1. The normalized spacial score (nSPS) is 10.6. The van der Waals surface area contributed by atoms with Crippen molar-refractivity contribution in [3.05, 3.63) is 65.2 Å². The van der Waals surface area contributed by atoms with Crippen LogP contribution in [0.3, 0.4) is 0 Å². The number of hydrogen-bond donors (Lipinski definition) is 0. The lowest BCUT2D eigenvalue weighted by Crippen LogP contribution is -2.19. The van der Waals surface area contributed by atoms with Gasteiger partial charge < -0.3 is 4.43 Å². The zero-order chi connectivity index (χ0) is 12.8. The van der Waals surface area contributed by atoms with Crippen LogP contribution in [-0.4, -0.2) is 16.4 Å². The van der Waals surface area contributed by atoms with Gasteiger partial charge in [0, 0.05) is 6.61 Å². The summed E-state index contributed by atoms with van der Waals surface area (Å²) in [7, 11) is 0.449. The third kappa shape index (κ3) is 4.13. The maximum absolute atomic E-state index is 5.76. The van der Waals surface area contributed by atoms with Crippen LogP contribution in [0, 0.1) is 13.8 Å². The van der Waals surface area contributed by atoms with Gasteiger partial charge in [0.15, 0.2) is 0 Å². The van der Waals surface area contributed by atoms with E-state index in [0.717, 1.165) is 13.0 Å². The molecule has 92 valence electrons. The number of benzene rings is 2. The first-order chi connectivity index (χ1) is 8.74. The zero-order valence-corrected chi connectivity index (χ0v) is 11.9. The molecule has 18 heavy (non-hydrogen) atoms. The van der Waals surface area contributed by atoms with Crippen molar-refractivity contribution >= 4 is 14.9 Å². The van der Waals surface area contributed by atoms with E-state index in [2.05, 4.69) is 56.3 Å². The van der Waals surface area contributed by atoms with E-state index in [-0.39, 0.29) is 0 Å². The molecule has 0 aliphatic carbocycles. The first-order valence-corrected chi connectivity index (χ1v) is 7.15. The third-order valence-electron chi connectivity index (χ3n) is 2.75. The maximum atomic E-state index is 5.76. The average Bonchev–Trinajstić information content (AvgIpc) is 2.35. The minimum Gasteiger partial charge on any atom is -0.411 e. The van der Waals surface area contributed by atoms with Crippen molar-refractivity contribution < 1.29 is 4.43 Å². The van der Waals surface area contributed by atoms with Crippen LogP contribution in [0.25, 0.3) is 0 Å². The fraction of sp³-hybridized carbons (Fsp3) is 0.250. The van der Waals surface area contributed by atoms with Crippen LogP contribution in [0.4, 0.5) is 0 Å². The van der Waals surface area contributed by atoms with Crippen LogP contribution in [0.15, 0.2) is 48.5 Å². The first-order valence-electron chi connectivity index (χ1n) is 6.24. The zero-order valence-electron chi connectivity index (χ0n) is 10.9. The number of rotatable bonds is 5. The number of aryl methyl sites for hydroxylation is 2. The van der Waals surface area contributed by atoms with Crippen molar-refractivity contribution in [3.63, 3.8) is 0 Å². The molecule has 0 saturated carbocycles. The highest BCUT2D eigenvalue weighted by Gasteiger charge is 1.99. The summed E-state index contributed by atoms with van der Waals surface area (Å²) in [4.78, 5) is 0. The fourth-order valence-corrected chi connectivity index (χ4v) is 2.93. The summed E-state index contributed by atoms with van der Waals surface area (Å²) < 4.78 is 5.76. The molecule has 0 bridgehead atoms. The van der Waals surface area contributed by atoms with Gasteiger partial charge in [-0.1, -0.05) is 59.7 Å². The Morgan fingerprint density at radius 3 is 2.28 bits per heavy atom. The van der Waals surface area contributed by atoms with Gasteiger partial charge in [0.2, 0.25) is 0 Å². The van der Waals surface area contributed by atoms with Crippen LogP contribution in [0.1, 0.15) is 16.7 Å². The van der Waals surface area contributed by atoms with Crippen LogP contribution >= 0.6 is 0 Å². The first kappa shape index (κ1) is 13.1. The van der Waals surface area contributed by atoms with E-state index in [1.54, 1.807) is 0 Å². The Labute approximate surface area is 112 Å². The summed E-state index contributed by atoms with van der Waals surface area (Å²) in [6.45, 7) is 5.05. The molecule has 0 amide bonds. The van der Waals surface area contributed by atoms with Crippen molar-refractivity contribution in [1.82, 2.24) is 0 Å². The minimum atomic E-state index is 0.449. The second-order valence-corrected chi connectivity index (χ2v) is 5.63. The standard InChI is InChI=1S/C16H18OSi/c1-13-10-14(2)12-16(11-13)18-17-9-8-15-6-4-3-5-7-15/h3-7,10-12H,8-9H2,1-2H3. The predicted molar refractivity (Wildman–Crippen MR) is 77.4 cm³/mol. The van der Waals surface area contributed by atoms with Crippen molar-refractivity contribution in [1.29, 1.82) is 0 Å². The Morgan fingerprint density at radius 2 is 1.61 bits per heavy atom. The van der Waals surface area contributed by atoms with E-state index in [4.69, 9.17) is 4.43 Å². The number of hydrogen-bond acceptors (Lipinski definition) is 1. The van der Waals surface area contributed by atoms with Gasteiger partial charge in [-0.2, -0.15) is 0 Å². The van der Waals surface area contributed by atoms with E-state index in [1.807, 2.05) is 6.07 Å². The van der Waals surface area contributed by atoms with E-state index in [9.17, 15) is 0 Å². The smallest absolute Gasteiger partial charge is 0.268 e. The molecular weight excluding hydrogens is 236 g/mol. The highest BCUT2D eigenvalue weighted by molar-refractivity contribution is 6.46. The molecule has 2 aromatic carbocycles. The van der Waals surface area contributed by atoms with Crippen LogP contribution in [0.5, 0.6) is 0 Å². The molecule has 2 radical (unpaired) electrons. The van der Waals surface area contributed by atoms with Gasteiger partial charge in [-0.15, -0.1) is 0 Å². The lowest BCUT2D eigenvalue weighted by Gasteiger charge is -2.05. The molecule has 0 aliphatic rings.